The Morgan fingerprint density at radius 1 is 1.04 bits per heavy atom. The highest BCUT2D eigenvalue weighted by atomic mass is 16.2. The Kier molecular flexibility index (Phi) is 4.65. The summed E-state index contributed by atoms with van der Waals surface area (Å²) in [6, 6.07) is 13.6. The van der Waals surface area contributed by atoms with Crippen molar-refractivity contribution < 1.29 is 9.59 Å². The molecule has 4 nitrogen and oxygen atoms in total. The second kappa shape index (κ2) is 6.87. The topological polar surface area (TPSA) is 58.2 Å². The van der Waals surface area contributed by atoms with E-state index in [1.165, 1.54) is 0 Å². The van der Waals surface area contributed by atoms with Crippen molar-refractivity contribution in [3.8, 4) is 0 Å². The summed E-state index contributed by atoms with van der Waals surface area (Å²) >= 11 is 0. The van der Waals surface area contributed by atoms with Gasteiger partial charge in [0.25, 0.3) is 5.91 Å². The molecule has 2 N–H and O–H groups in total. The summed E-state index contributed by atoms with van der Waals surface area (Å²) < 4.78 is 0. The average Bonchev–Trinajstić information content (AvgIpc) is 3.35. The van der Waals surface area contributed by atoms with E-state index in [0.717, 1.165) is 35.2 Å². The van der Waals surface area contributed by atoms with Crippen LogP contribution in [0.1, 0.15) is 39.9 Å². The minimum absolute atomic E-state index is 0.0599. The van der Waals surface area contributed by atoms with E-state index in [2.05, 4.69) is 10.6 Å². The number of anilines is 1. The lowest BCUT2D eigenvalue weighted by Crippen LogP contribution is -2.26. The molecule has 3 rings (SSSR count). The predicted octanol–water partition coefficient (Wildman–Crippen LogP) is 3.38. The minimum Gasteiger partial charge on any atom is -0.353 e. The third-order valence-electron chi connectivity index (χ3n) is 4.16. The molecule has 0 radical (unpaired) electrons. The maximum atomic E-state index is 12.4. The molecule has 1 aliphatic rings. The number of carbonyl (C=O) groups is 2. The number of hydrogen-bond donors (Lipinski definition) is 2. The Balaban J connectivity index is 1.61. The van der Waals surface area contributed by atoms with E-state index < -0.39 is 0 Å². The molecule has 1 aliphatic carbocycles. The number of rotatable bonds is 5. The van der Waals surface area contributed by atoms with Crippen LogP contribution in [-0.4, -0.2) is 17.9 Å². The predicted molar refractivity (Wildman–Crippen MR) is 95.2 cm³/mol. The minimum atomic E-state index is -0.115. The Labute approximate surface area is 142 Å². The lowest BCUT2D eigenvalue weighted by atomic mass is 10.0. The molecule has 0 aromatic heterocycles. The van der Waals surface area contributed by atoms with Gasteiger partial charge in [0.05, 0.1) is 6.42 Å². The fourth-order valence-corrected chi connectivity index (χ4v) is 2.58. The molecule has 0 saturated heterocycles. The van der Waals surface area contributed by atoms with Gasteiger partial charge in [-0.1, -0.05) is 29.8 Å². The van der Waals surface area contributed by atoms with E-state index in [1.807, 2.05) is 56.3 Å². The molecule has 0 bridgehead atoms. The van der Waals surface area contributed by atoms with Crippen LogP contribution in [0.2, 0.25) is 0 Å². The Morgan fingerprint density at radius 2 is 1.75 bits per heavy atom. The lowest BCUT2D eigenvalue weighted by Gasteiger charge is -2.09. The van der Waals surface area contributed by atoms with Gasteiger partial charge < -0.3 is 10.6 Å². The van der Waals surface area contributed by atoms with Gasteiger partial charge in [-0.05, 0) is 56.0 Å². The maximum absolute atomic E-state index is 12.4. The van der Waals surface area contributed by atoms with E-state index >= 15 is 0 Å². The molecule has 1 saturated carbocycles. The van der Waals surface area contributed by atoms with Crippen LogP contribution < -0.4 is 10.6 Å². The molecule has 2 aromatic rings. The molecular weight excluding hydrogens is 300 g/mol. The van der Waals surface area contributed by atoms with Crippen molar-refractivity contribution in [1.82, 2.24) is 5.32 Å². The first kappa shape index (κ1) is 16.2. The fraction of sp³-hybridized carbons (Fsp3) is 0.300. The quantitative estimate of drug-likeness (QED) is 0.886. The normalized spacial score (nSPS) is 13.4. The van der Waals surface area contributed by atoms with Crippen molar-refractivity contribution in [3.05, 3.63) is 64.7 Å². The Hall–Kier alpha value is -2.62. The number of nitrogens with one attached hydrogen (secondary N) is 2. The van der Waals surface area contributed by atoms with Crippen molar-refractivity contribution in [2.24, 2.45) is 0 Å². The van der Waals surface area contributed by atoms with Crippen LogP contribution in [0.3, 0.4) is 0 Å². The first-order chi connectivity index (χ1) is 11.5. The van der Waals surface area contributed by atoms with E-state index in [-0.39, 0.29) is 11.8 Å². The van der Waals surface area contributed by atoms with Crippen molar-refractivity contribution in [2.75, 3.05) is 5.32 Å². The van der Waals surface area contributed by atoms with Gasteiger partial charge in [-0.3, -0.25) is 9.59 Å². The summed E-state index contributed by atoms with van der Waals surface area (Å²) in [7, 11) is 0. The number of benzene rings is 2. The molecule has 1 fully saturated rings. The molecular formula is C20H22N2O2. The van der Waals surface area contributed by atoms with Crippen molar-refractivity contribution in [3.63, 3.8) is 0 Å². The van der Waals surface area contributed by atoms with Crippen molar-refractivity contribution in [1.29, 1.82) is 0 Å². The Bertz CT molecular complexity index is 762. The molecule has 24 heavy (non-hydrogen) atoms. The smallest absolute Gasteiger partial charge is 0.255 e. The molecule has 2 amide bonds. The van der Waals surface area contributed by atoms with Gasteiger partial charge in [0.2, 0.25) is 5.91 Å². The molecule has 4 heteroatoms. The van der Waals surface area contributed by atoms with E-state index in [0.29, 0.717) is 18.0 Å². The molecule has 0 unspecified atom stereocenters. The van der Waals surface area contributed by atoms with Gasteiger partial charge in [-0.15, -0.1) is 0 Å². The van der Waals surface area contributed by atoms with Crippen LogP contribution in [-0.2, 0) is 11.2 Å². The zero-order chi connectivity index (χ0) is 17.1. The van der Waals surface area contributed by atoms with Gasteiger partial charge in [0.15, 0.2) is 0 Å². The summed E-state index contributed by atoms with van der Waals surface area (Å²) in [6.07, 6.45) is 2.56. The van der Waals surface area contributed by atoms with Crippen LogP contribution in [0.4, 0.5) is 5.69 Å². The first-order valence-electron chi connectivity index (χ1n) is 8.28. The summed E-state index contributed by atoms with van der Waals surface area (Å²) in [4.78, 5) is 24.2. The van der Waals surface area contributed by atoms with Gasteiger partial charge in [0, 0.05) is 17.3 Å². The third-order valence-corrected chi connectivity index (χ3v) is 4.16. The fourth-order valence-electron chi connectivity index (χ4n) is 2.58. The van der Waals surface area contributed by atoms with E-state index in [4.69, 9.17) is 0 Å². The van der Waals surface area contributed by atoms with Gasteiger partial charge >= 0.3 is 0 Å². The van der Waals surface area contributed by atoms with Crippen molar-refractivity contribution in [2.45, 2.75) is 39.2 Å². The number of hydrogen-bond acceptors (Lipinski definition) is 2. The molecule has 0 aliphatic heterocycles. The van der Waals surface area contributed by atoms with Crippen LogP contribution >= 0.6 is 0 Å². The molecule has 2 aromatic carbocycles. The van der Waals surface area contributed by atoms with E-state index in [9.17, 15) is 9.59 Å². The largest absolute Gasteiger partial charge is 0.353 e. The zero-order valence-corrected chi connectivity index (χ0v) is 14.1. The highest BCUT2D eigenvalue weighted by Gasteiger charge is 2.23. The molecule has 0 heterocycles. The second-order valence-electron chi connectivity index (χ2n) is 6.49. The van der Waals surface area contributed by atoms with Crippen LogP contribution in [0.25, 0.3) is 0 Å². The SMILES string of the molecule is Cc1ccc(C)c(C(=O)Nc2ccc(CC(=O)NC3CC3)cc2)c1. The monoisotopic (exact) mass is 322 g/mol. The van der Waals surface area contributed by atoms with Crippen LogP contribution in [0.5, 0.6) is 0 Å². The summed E-state index contributed by atoms with van der Waals surface area (Å²) in [5, 5.41) is 5.88. The highest BCUT2D eigenvalue weighted by Crippen LogP contribution is 2.19. The van der Waals surface area contributed by atoms with Crippen LogP contribution in [0, 0.1) is 13.8 Å². The molecule has 124 valence electrons. The number of aryl methyl sites for hydroxylation is 2. The summed E-state index contributed by atoms with van der Waals surface area (Å²) in [5.41, 5.74) is 4.36. The second-order valence-corrected chi connectivity index (χ2v) is 6.49. The standard InChI is InChI=1S/C20H22N2O2/c1-13-3-4-14(2)18(11-13)20(24)22-17-7-5-15(6-8-17)12-19(23)21-16-9-10-16/h3-8,11,16H,9-10,12H2,1-2H3,(H,21,23)(H,22,24). The third kappa shape index (κ3) is 4.22. The zero-order valence-electron chi connectivity index (χ0n) is 14.1. The van der Waals surface area contributed by atoms with Gasteiger partial charge in [-0.25, -0.2) is 0 Å². The summed E-state index contributed by atoms with van der Waals surface area (Å²) in [6.45, 7) is 3.90. The lowest BCUT2D eigenvalue weighted by molar-refractivity contribution is -0.120. The van der Waals surface area contributed by atoms with E-state index in [1.54, 1.807) is 0 Å². The summed E-state index contributed by atoms with van der Waals surface area (Å²) in [5.74, 6) is -0.0555. The highest BCUT2D eigenvalue weighted by molar-refractivity contribution is 6.05. The first-order valence-corrected chi connectivity index (χ1v) is 8.28. The number of carbonyl (C=O) groups excluding carboxylic acids is 2. The van der Waals surface area contributed by atoms with Gasteiger partial charge in [0.1, 0.15) is 0 Å². The molecule has 0 spiro atoms. The molecule has 0 atom stereocenters. The van der Waals surface area contributed by atoms with Gasteiger partial charge in [-0.2, -0.15) is 0 Å². The van der Waals surface area contributed by atoms with Crippen molar-refractivity contribution >= 4 is 17.5 Å². The Morgan fingerprint density at radius 3 is 2.42 bits per heavy atom. The average molecular weight is 322 g/mol. The number of amides is 2. The maximum Gasteiger partial charge on any atom is 0.255 e. The van der Waals surface area contributed by atoms with Crippen LogP contribution in [0.15, 0.2) is 42.5 Å².